The molecule has 0 aliphatic carbocycles. The Labute approximate surface area is 123 Å². The molecule has 0 aliphatic rings. The number of para-hydroxylation sites is 1. The van der Waals surface area contributed by atoms with Gasteiger partial charge in [-0.05, 0) is 47.8 Å². The minimum Gasteiger partial charge on any atom is -0.379 e. The maximum atomic E-state index is 4.61. The molecule has 19 heavy (non-hydrogen) atoms. The van der Waals surface area contributed by atoms with E-state index >= 15 is 0 Å². The fraction of sp³-hybridized carbons (Fsp3) is 0.400. The average Bonchev–Trinajstić information content (AvgIpc) is 2.74. The van der Waals surface area contributed by atoms with Crippen molar-refractivity contribution in [3.05, 3.63) is 45.7 Å². The van der Waals surface area contributed by atoms with Gasteiger partial charge < -0.3 is 5.32 Å². The van der Waals surface area contributed by atoms with E-state index in [1.54, 1.807) is 0 Å². The highest BCUT2D eigenvalue weighted by molar-refractivity contribution is 9.10. The van der Waals surface area contributed by atoms with E-state index in [2.05, 4.69) is 76.1 Å². The minimum absolute atomic E-state index is 0.784. The van der Waals surface area contributed by atoms with Crippen LogP contribution in [-0.4, -0.2) is 9.78 Å². The van der Waals surface area contributed by atoms with Crippen LogP contribution in [0.3, 0.4) is 0 Å². The molecule has 0 fully saturated rings. The highest BCUT2D eigenvalue weighted by Gasteiger charge is 2.13. The van der Waals surface area contributed by atoms with Crippen LogP contribution in [0.25, 0.3) is 0 Å². The average molecular weight is 322 g/mol. The number of benzene rings is 1. The first-order chi connectivity index (χ1) is 9.17. The van der Waals surface area contributed by atoms with Gasteiger partial charge in [0.05, 0.1) is 22.4 Å². The summed E-state index contributed by atoms with van der Waals surface area (Å²) in [6.45, 7) is 8.05. The van der Waals surface area contributed by atoms with E-state index in [9.17, 15) is 0 Å². The molecule has 0 radical (unpaired) electrons. The number of nitrogens with one attached hydrogen (secondary N) is 1. The van der Waals surface area contributed by atoms with Crippen molar-refractivity contribution in [1.29, 1.82) is 0 Å². The van der Waals surface area contributed by atoms with Crippen LogP contribution >= 0.6 is 15.9 Å². The third-order valence-electron chi connectivity index (χ3n) is 3.29. The SMILES string of the molecule is CCc1nn(CC)c(CNc2ccccc2C)c1Br. The minimum atomic E-state index is 0.784. The van der Waals surface area contributed by atoms with Crippen LogP contribution in [0.15, 0.2) is 28.7 Å². The number of halogens is 1. The maximum Gasteiger partial charge on any atom is 0.0767 e. The van der Waals surface area contributed by atoms with Crippen molar-refractivity contribution in [2.45, 2.75) is 40.3 Å². The standard InChI is InChI=1S/C15H20BrN3/c1-4-12-15(16)14(19(5-2)18-12)10-17-13-9-7-6-8-11(13)3/h6-9,17H,4-5,10H2,1-3H3. The number of anilines is 1. The van der Waals surface area contributed by atoms with E-state index in [0.29, 0.717) is 0 Å². The van der Waals surface area contributed by atoms with Crippen LogP contribution in [0.4, 0.5) is 5.69 Å². The van der Waals surface area contributed by atoms with Crippen molar-refractivity contribution in [1.82, 2.24) is 9.78 Å². The quantitative estimate of drug-likeness (QED) is 0.896. The molecule has 0 amide bonds. The van der Waals surface area contributed by atoms with E-state index in [-0.39, 0.29) is 0 Å². The lowest BCUT2D eigenvalue weighted by atomic mass is 10.2. The second kappa shape index (κ2) is 6.24. The summed E-state index contributed by atoms with van der Waals surface area (Å²) in [6.07, 6.45) is 0.949. The molecule has 0 atom stereocenters. The van der Waals surface area contributed by atoms with E-state index in [0.717, 1.165) is 29.7 Å². The molecule has 0 unspecified atom stereocenters. The number of rotatable bonds is 5. The van der Waals surface area contributed by atoms with Crippen LogP contribution < -0.4 is 5.32 Å². The first-order valence-corrected chi connectivity index (χ1v) is 7.50. The Kier molecular flexibility index (Phi) is 4.64. The van der Waals surface area contributed by atoms with Crippen molar-refractivity contribution < 1.29 is 0 Å². The topological polar surface area (TPSA) is 29.9 Å². The van der Waals surface area contributed by atoms with Crippen molar-refractivity contribution in [3.8, 4) is 0 Å². The fourth-order valence-electron chi connectivity index (χ4n) is 2.14. The summed E-state index contributed by atoms with van der Waals surface area (Å²) in [4.78, 5) is 0. The van der Waals surface area contributed by atoms with Gasteiger partial charge in [-0.3, -0.25) is 4.68 Å². The van der Waals surface area contributed by atoms with Crippen LogP contribution in [0, 0.1) is 6.92 Å². The van der Waals surface area contributed by atoms with Gasteiger partial charge in [-0.15, -0.1) is 0 Å². The Morgan fingerprint density at radius 1 is 1.26 bits per heavy atom. The van der Waals surface area contributed by atoms with Gasteiger partial charge in [0.15, 0.2) is 0 Å². The number of hydrogen-bond acceptors (Lipinski definition) is 2. The molecule has 0 spiro atoms. The van der Waals surface area contributed by atoms with Crippen LogP contribution in [-0.2, 0) is 19.5 Å². The first kappa shape index (κ1) is 14.1. The zero-order valence-corrected chi connectivity index (χ0v) is 13.3. The van der Waals surface area contributed by atoms with Crippen molar-refractivity contribution in [3.63, 3.8) is 0 Å². The molecule has 2 aromatic rings. The molecule has 0 saturated heterocycles. The van der Waals surface area contributed by atoms with Gasteiger partial charge in [0.2, 0.25) is 0 Å². The normalized spacial score (nSPS) is 10.7. The molecule has 1 heterocycles. The molecule has 1 N–H and O–H groups in total. The van der Waals surface area contributed by atoms with Gasteiger partial charge in [0.25, 0.3) is 0 Å². The predicted octanol–water partition coefficient (Wildman–Crippen LogP) is 4.15. The van der Waals surface area contributed by atoms with Crippen LogP contribution in [0.2, 0.25) is 0 Å². The van der Waals surface area contributed by atoms with E-state index < -0.39 is 0 Å². The Bertz CT molecular complexity index is 561. The molecule has 0 aliphatic heterocycles. The second-order valence-electron chi connectivity index (χ2n) is 4.55. The summed E-state index contributed by atoms with van der Waals surface area (Å²) < 4.78 is 3.20. The Hall–Kier alpha value is -1.29. The highest BCUT2D eigenvalue weighted by Crippen LogP contribution is 2.24. The van der Waals surface area contributed by atoms with Gasteiger partial charge in [0.1, 0.15) is 0 Å². The molecular weight excluding hydrogens is 302 g/mol. The summed E-state index contributed by atoms with van der Waals surface area (Å²) >= 11 is 3.67. The van der Waals surface area contributed by atoms with Gasteiger partial charge in [-0.1, -0.05) is 25.1 Å². The van der Waals surface area contributed by atoms with Crippen LogP contribution in [0.5, 0.6) is 0 Å². The Morgan fingerprint density at radius 3 is 2.63 bits per heavy atom. The number of aryl methyl sites for hydroxylation is 3. The van der Waals surface area contributed by atoms with E-state index in [1.165, 1.54) is 16.9 Å². The van der Waals surface area contributed by atoms with Crippen molar-refractivity contribution >= 4 is 21.6 Å². The number of hydrogen-bond donors (Lipinski definition) is 1. The van der Waals surface area contributed by atoms with E-state index in [1.807, 2.05) is 0 Å². The summed E-state index contributed by atoms with van der Waals surface area (Å²) in [5.74, 6) is 0. The first-order valence-electron chi connectivity index (χ1n) is 6.70. The molecular formula is C15H20BrN3. The van der Waals surface area contributed by atoms with E-state index in [4.69, 9.17) is 0 Å². The maximum absolute atomic E-state index is 4.61. The number of nitrogens with zero attached hydrogens (tertiary/aromatic N) is 2. The molecule has 4 heteroatoms. The second-order valence-corrected chi connectivity index (χ2v) is 5.34. The third-order valence-corrected chi connectivity index (χ3v) is 4.20. The predicted molar refractivity (Wildman–Crippen MR) is 83.5 cm³/mol. The third kappa shape index (κ3) is 3.00. The number of aromatic nitrogens is 2. The molecule has 2 rings (SSSR count). The Balaban J connectivity index is 2.20. The summed E-state index contributed by atoms with van der Waals surface area (Å²) in [6, 6.07) is 8.34. The van der Waals surface area contributed by atoms with Crippen molar-refractivity contribution in [2.75, 3.05) is 5.32 Å². The summed E-state index contributed by atoms with van der Waals surface area (Å²) in [7, 11) is 0. The van der Waals surface area contributed by atoms with Gasteiger partial charge in [-0.25, -0.2) is 0 Å². The molecule has 1 aromatic heterocycles. The van der Waals surface area contributed by atoms with Crippen molar-refractivity contribution in [2.24, 2.45) is 0 Å². The molecule has 0 saturated carbocycles. The lowest BCUT2D eigenvalue weighted by molar-refractivity contribution is 0.619. The summed E-state index contributed by atoms with van der Waals surface area (Å²) in [5.41, 5.74) is 4.78. The van der Waals surface area contributed by atoms with Gasteiger partial charge in [-0.2, -0.15) is 5.10 Å². The molecule has 0 bridgehead atoms. The zero-order chi connectivity index (χ0) is 13.8. The molecule has 102 valence electrons. The monoisotopic (exact) mass is 321 g/mol. The van der Waals surface area contributed by atoms with Gasteiger partial charge in [0, 0.05) is 12.2 Å². The van der Waals surface area contributed by atoms with Gasteiger partial charge >= 0.3 is 0 Å². The molecule has 1 aromatic carbocycles. The zero-order valence-electron chi connectivity index (χ0n) is 11.7. The largest absolute Gasteiger partial charge is 0.379 e. The summed E-state index contributed by atoms with van der Waals surface area (Å²) in [5, 5.41) is 8.10. The van der Waals surface area contributed by atoms with Crippen LogP contribution in [0.1, 0.15) is 30.8 Å². The fourth-order valence-corrected chi connectivity index (χ4v) is 2.84. The smallest absolute Gasteiger partial charge is 0.0767 e. The Morgan fingerprint density at radius 2 is 2.00 bits per heavy atom. The highest BCUT2D eigenvalue weighted by atomic mass is 79.9. The lowest BCUT2D eigenvalue weighted by Gasteiger charge is -2.10. The lowest BCUT2D eigenvalue weighted by Crippen LogP contribution is -2.09. The molecule has 3 nitrogen and oxygen atoms in total.